The lowest BCUT2D eigenvalue weighted by Gasteiger charge is -2.22. The topological polar surface area (TPSA) is 97.3 Å². The van der Waals surface area contributed by atoms with E-state index in [2.05, 4.69) is 98.8 Å². The monoisotopic (exact) mass is 633 g/mol. The number of nitrogens with zero attached hydrogens (tertiary/aromatic N) is 4. The van der Waals surface area contributed by atoms with E-state index >= 15 is 0 Å². The van der Waals surface area contributed by atoms with Crippen molar-refractivity contribution in [1.29, 1.82) is 0 Å². The molecule has 3 aromatic carbocycles. The molecule has 5 aromatic rings. The molecule has 8 heteroatoms. The van der Waals surface area contributed by atoms with Gasteiger partial charge < -0.3 is 15.0 Å². The first kappa shape index (κ1) is 35.2. The summed E-state index contributed by atoms with van der Waals surface area (Å²) in [6.07, 6.45) is 14.2. The molecular formula is C39H47N5O3. The number of aryl methyl sites for hydroxylation is 2. The second-order valence-corrected chi connectivity index (χ2v) is 11.7. The molecule has 47 heavy (non-hydrogen) atoms. The highest BCUT2D eigenvalue weighted by molar-refractivity contribution is 5.89. The minimum atomic E-state index is 0.250. The van der Waals surface area contributed by atoms with Crippen molar-refractivity contribution < 1.29 is 14.3 Å². The minimum absolute atomic E-state index is 0.250. The zero-order valence-electron chi connectivity index (χ0n) is 27.6. The first-order valence-corrected chi connectivity index (χ1v) is 16.9. The van der Waals surface area contributed by atoms with E-state index in [-0.39, 0.29) is 6.15 Å². The summed E-state index contributed by atoms with van der Waals surface area (Å²) in [5.74, 6) is 1.75. The second kappa shape index (κ2) is 20.5. The van der Waals surface area contributed by atoms with E-state index < -0.39 is 0 Å². The van der Waals surface area contributed by atoms with Crippen LogP contribution in [-0.4, -0.2) is 58.8 Å². The van der Waals surface area contributed by atoms with Gasteiger partial charge in [0.05, 0.1) is 17.6 Å². The predicted octanol–water partition coefficient (Wildman–Crippen LogP) is 7.92. The van der Waals surface area contributed by atoms with Crippen molar-refractivity contribution in [2.24, 2.45) is 0 Å². The lowest BCUT2D eigenvalue weighted by Crippen LogP contribution is -2.28. The number of unbranched alkanes of at least 4 members (excludes halogenated alkanes) is 3. The first-order chi connectivity index (χ1) is 23.2. The molecule has 5 rings (SSSR count). The van der Waals surface area contributed by atoms with Crippen LogP contribution in [0.5, 0.6) is 5.75 Å². The normalized spacial score (nSPS) is 10.9. The van der Waals surface area contributed by atoms with E-state index in [0.29, 0.717) is 6.61 Å². The number of nitrogens with one attached hydrogen (secondary N) is 1. The predicted molar refractivity (Wildman–Crippen MR) is 189 cm³/mol. The van der Waals surface area contributed by atoms with Crippen molar-refractivity contribution in [3.63, 3.8) is 0 Å². The Balaban J connectivity index is 0.00000160. The molecule has 0 aliphatic carbocycles. The van der Waals surface area contributed by atoms with Gasteiger partial charge in [0.2, 0.25) is 0 Å². The largest absolute Gasteiger partial charge is 0.493 e. The molecule has 0 bridgehead atoms. The van der Waals surface area contributed by atoms with E-state index in [1.165, 1.54) is 55.2 Å². The van der Waals surface area contributed by atoms with Gasteiger partial charge in [-0.2, -0.15) is 9.59 Å². The van der Waals surface area contributed by atoms with Gasteiger partial charge in [0.1, 0.15) is 17.9 Å². The summed E-state index contributed by atoms with van der Waals surface area (Å²) in [6, 6.07) is 27.4. The fourth-order valence-corrected chi connectivity index (χ4v) is 5.81. The van der Waals surface area contributed by atoms with E-state index in [0.717, 1.165) is 73.3 Å². The number of carbonyl (C=O) groups excluding carboxylic acids is 2. The molecular weight excluding hydrogens is 586 g/mol. The van der Waals surface area contributed by atoms with Gasteiger partial charge in [0.15, 0.2) is 0 Å². The Bertz CT molecular complexity index is 1650. The van der Waals surface area contributed by atoms with Gasteiger partial charge in [-0.15, -0.1) is 0 Å². The zero-order valence-corrected chi connectivity index (χ0v) is 27.6. The van der Waals surface area contributed by atoms with Gasteiger partial charge in [-0.25, -0.2) is 9.97 Å². The summed E-state index contributed by atoms with van der Waals surface area (Å²) in [5, 5.41) is 5.83. The van der Waals surface area contributed by atoms with Crippen LogP contribution in [0, 0.1) is 0 Å². The maximum atomic E-state index is 8.12. The van der Waals surface area contributed by atoms with Crippen LogP contribution in [-0.2, 0) is 22.4 Å². The quantitative estimate of drug-likeness (QED) is 0.0916. The Labute approximate surface area is 278 Å². The average Bonchev–Trinajstić information content (AvgIpc) is 3.11. The maximum Gasteiger partial charge on any atom is 0.373 e. The highest BCUT2D eigenvalue weighted by Gasteiger charge is 2.08. The molecule has 0 saturated heterocycles. The third-order valence-corrected chi connectivity index (χ3v) is 8.26. The van der Waals surface area contributed by atoms with Crippen LogP contribution in [0.15, 0.2) is 91.4 Å². The molecule has 2 heterocycles. The van der Waals surface area contributed by atoms with E-state index in [1.54, 1.807) is 6.33 Å². The Morgan fingerprint density at radius 3 is 2.36 bits per heavy atom. The van der Waals surface area contributed by atoms with Crippen molar-refractivity contribution in [2.45, 2.75) is 64.7 Å². The molecule has 0 amide bonds. The number of ether oxygens (including phenoxy) is 1. The highest BCUT2D eigenvalue weighted by atomic mass is 16.5. The summed E-state index contributed by atoms with van der Waals surface area (Å²) in [6.45, 7) is 7.25. The van der Waals surface area contributed by atoms with Crippen LogP contribution in [0.25, 0.3) is 21.8 Å². The number of anilines is 1. The zero-order chi connectivity index (χ0) is 32.9. The molecule has 0 saturated carbocycles. The molecule has 0 fully saturated rings. The van der Waals surface area contributed by atoms with E-state index in [1.807, 2.05) is 18.3 Å². The molecule has 2 aromatic heterocycles. The van der Waals surface area contributed by atoms with Crippen LogP contribution in [0.4, 0.5) is 5.82 Å². The maximum absolute atomic E-state index is 8.12. The van der Waals surface area contributed by atoms with Crippen LogP contribution in [0.1, 0.15) is 63.0 Å². The first-order valence-electron chi connectivity index (χ1n) is 16.9. The van der Waals surface area contributed by atoms with Gasteiger partial charge in [-0.3, -0.25) is 4.98 Å². The number of aromatic nitrogens is 3. The second-order valence-electron chi connectivity index (χ2n) is 11.7. The average molecular weight is 634 g/mol. The number of rotatable bonds is 19. The van der Waals surface area contributed by atoms with Crippen LogP contribution in [0.3, 0.4) is 0 Å². The van der Waals surface area contributed by atoms with Crippen molar-refractivity contribution in [2.75, 3.05) is 38.1 Å². The fraction of sp³-hybridized carbons (Fsp3) is 0.385. The summed E-state index contributed by atoms with van der Waals surface area (Å²) < 4.78 is 6.17. The van der Waals surface area contributed by atoms with Gasteiger partial charge in [0.25, 0.3) is 0 Å². The third kappa shape index (κ3) is 11.9. The van der Waals surface area contributed by atoms with Gasteiger partial charge in [0, 0.05) is 36.1 Å². The SMILES string of the molecule is CCCCN(CCCCCc1ccnc2ccccc12)CCCOc1ccc2c(NCCCc3ccccc3)ncnc2c1.O=C=O. The molecule has 0 aliphatic heterocycles. The van der Waals surface area contributed by atoms with Crippen molar-refractivity contribution >= 4 is 33.8 Å². The molecule has 8 nitrogen and oxygen atoms in total. The molecule has 0 unspecified atom stereocenters. The molecule has 0 atom stereocenters. The summed E-state index contributed by atoms with van der Waals surface area (Å²) >= 11 is 0. The summed E-state index contributed by atoms with van der Waals surface area (Å²) in [5.41, 5.74) is 4.79. The molecule has 246 valence electrons. The Hall–Kier alpha value is -4.65. The van der Waals surface area contributed by atoms with Gasteiger partial charge in [-0.05, 0) is 93.4 Å². The van der Waals surface area contributed by atoms with Crippen molar-refractivity contribution in [1.82, 2.24) is 19.9 Å². The highest BCUT2D eigenvalue weighted by Crippen LogP contribution is 2.24. The fourth-order valence-electron chi connectivity index (χ4n) is 5.81. The molecule has 1 N–H and O–H groups in total. The number of benzene rings is 3. The van der Waals surface area contributed by atoms with Crippen LogP contribution in [0.2, 0.25) is 0 Å². The number of hydrogen-bond acceptors (Lipinski definition) is 8. The van der Waals surface area contributed by atoms with Crippen LogP contribution < -0.4 is 10.1 Å². The molecule has 0 radical (unpaired) electrons. The standard InChI is InChI=1S/C38H47N5O.CO2/c1-2-3-25-43(26-11-5-8-17-32-22-24-39-36-19-10-9-18-34(32)36)27-13-28-44-33-20-21-35-37(29-33)41-30-42-38(35)40-23-12-16-31-14-6-4-7-15-31;2-1-3/h4,6-7,9-10,14-15,18-22,24,29-30H,2-3,5,8,11-13,16-17,23,25-28H2,1H3,(H,40,41,42);. The van der Waals surface area contributed by atoms with Crippen LogP contribution >= 0.6 is 0 Å². The summed E-state index contributed by atoms with van der Waals surface area (Å²) in [4.78, 5) is 32.4. The smallest absolute Gasteiger partial charge is 0.373 e. The Morgan fingerprint density at radius 1 is 0.723 bits per heavy atom. The lowest BCUT2D eigenvalue weighted by atomic mass is 10.0. The number of hydrogen-bond donors (Lipinski definition) is 1. The summed E-state index contributed by atoms with van der Waals surface area (Å²) in [7, 11) is 0. The lowest BCUT2D eigenvalue weighted by molar-refractivity contribution is -0.191. The van der Waals surface area contributed by atoms with Gasteiger partial charge in [-0.1, -0.05) is 68.3 Å². The van der Waals surface area contributed by atoms with E-state index in [4.69, 9.17) is 14.3 Å². The Kier molecular flexibility index (Phi) is 15.3. The van der Waals surface area contributed by atoms with E-state index in [9.17, 15) is 0 Å². The minimum Gasteiger partial charge on any atom is -0.493 e. The number of pyridine rings is 1. The van der Waals surface area contributed by atoms with Gasteiger partial charge >= 0.3 is 6.15 Å². The molecule has 0 spiro atoms. The number of para-hydroxylation sites is 1. The third-order valence-electron chi connectivity index (χ3n) is 8.26. The molecule has 0 aliphatic rings. The van der Waals surface area contributed by atoms with Crippen molar-refractivity contribution in [3.05, 3.63) is 103 Å². The Morgan fingerprint density at radius 2 is 1.51 bits per heavy atom. The number of fused-ring (bicyclic) bond motifs is 2. The van der Waals surface area contributed by atoms with Crippen molar-refractivity contribution in [3.8, 4) is 5.75 Å².